The van der Waals surface area contributed by atoms with Crippen LogP contribution in [-0.2, 0) is 4.79 Å². The number of nitrogens with one attached hydrogen (secondary N) is 1. The summed E-state index contributed by atoms with van der Waals surface area (Å²) in [6, 6.07) is 18.1. The predicted octanol–water partition coefficient (Wildman–Crippen LogP) is 5.31. The lowest BCUT2D eigenvalue weighted by Gasteiger charge is -2.17. The molecule has 0 saturated carbocycles. The number of hydrogen-bond acceptors (Lipinski definition) is 3. The maximum absolute atomic E-state index is 12.1. The summed E-state index contributed by atoms with van der Waals surface area (Å²) in [6.07, 6.45) is 0. The first-order chi connectivity index (χ1) is 10.4. The molecule has 0 bridgehead atoms. The van der Waals surface area contributed by atoms with Crippen molar-refractivity contribution in [1.82, 2.24) is 0 Å². The monoisotopic (exact) mass is 331 g/mol. The van der Waals surface area contributed by atoms with Crippen LogP contribution in [0.3, 0.4) is 0 Å². The normalized spacial score (nSPS) is 11.2. The molecule has 0 aliphatic rings. The van der Waals surface area contributed by atoms with Crippen molar-refractivity contribution in [3.05, 3.63) is 54.6 Å². The molecule has 2 rings (SSSR count). The zero-order valence-corrected chi connectivity index (χ0v) is 14.8. The average Bonchev–Trinajstić information content (AvgIpc) is 2.48. The van der Waals surface area contributed by atoms with Crippen LogP contribution in [0.4, 0.5) is 5.69 Å². The van der Waals surface area contributed by atoms with Crippen LogP contribution >= 0.6 is 23.5 Å². The minimum absolute atomic E-state index is 0.0426. The number of rotatable bonds is 5. The number of carbonyl (C=O) groups is 1. The molecule has 22 heavy (non-hydrogen) atoms. The van der Waals surface area contributed by atoms with E-state index in [9.17, 15) is 4.79 Å². The summed E-state index contributed by atoms with van der Waals surface area (Å²) in [6.45, 7) is 6.35. The van der Waals surface area contributed by atoms with Gasteiger partial charge in [0.15, 0.2) is 0 Å². The van der Waals surface area contributed by atoms with Crippen molar-refractivity contribution in [3.63, 3.8) is 0 Å². The summed E-state index contributed by atoms with van der Waals surface area (Å²) in [5.41, 5.74) is 0.871. The fourth-order valence-electron chi connectivity index (χ4n) is 1.74. The second-order valence-corrected chi connectivity index (χ2v) is 8.78. The Bertz CT molecular complexity index is 620. The molecule has 0 spiro atoms. The molecule has 0 fully saturated rings. The second-order valence-electron chi connectivity index (χ2n) is 5.86. The standard InChI is InChI=1S/C18H21NOS2/c1-18(2,3)21-13-17(20)19-15-11-7-8-12-16(15)22-14-9-5-4-6-10-14/h4-12H,13H2,1-3H3,(H,19,20). The molecule has 2 nitrogen and oxygen atoms in total. The van der Waals surface area contributed by atoms with E-state index < -0.39 is 0 Å². The van der Waals surface area contributed by atoms with E-state index >= 15 is 0 Å². The molecule has 1 amide bonds. The number of benzene rings is 2. The zero-order chi connectivity index (χ0) is 16.0. The van der Waals surface area contributed by atoms with Crippen LogP contribution in [-0.4, -0.2) is 16.4 Å². The Labute approximate surface area is 141 Å². The topological polar surface area (TPSA) is 29.1 Å². The SMILES string of the molecule is CC(C)(C)SCC(=O)Nc1ccccc1Sc1ccccc1. The Morgan fingerprint density at radius 2 is 1.64 bits per heavy atom. The molecule has 0 radical (unpaired) electrons. The van der Waals surface area contributed by atoms with Gasteiger partial charge >= 0.3 is 0 Å². The fourth-order valence-corrected chi connectivity index (χ4v) is 3.30. The molecule has 0 atom stereocenters. The highest BCUT2D eigenvalue weighted by Gasteiger charge is 2.14. The smallest absolute Gasteiger partial charge is 0.234 e. The molecule has 0 saturated heterocycles. The third kappa shape index (κ3) is 5.78. The van der Waals surface area contributed by atoms with Crippen molar-refractivity contribution in [2.75, 3.05) is 11.1 Å². The maximum atomic E-state index is 12.1. The van der Waals surface area contributed by atoms with E-state index in [4.69, 9.17) is 0 Å². The van der Waals surface area contributed by atoms with Crippen molar-refractivity contribution in [3.8, 4) is 0 Å². The number of para-hydroxylation sites is 1. The van der Waals surface area contributed by atoms with Gasteiger partial charge in [0.2, 0.25) is 5.91 Å². The number of amides is 1. The summed E-state index contributed by atoms with van der Waals surface area (Å²) < 4.78 is 0.0929. The van der Waals surface area contributed by atoms with E-state index in [1.807, 2.05) is 42.5 Å². The van der Waals surface area contributed by atoms with E-state index in [2.05, 4.69) is 38.2 Å². The van der Waals surface area contributed by atoms with E-state index in [1.165, 1.54) is 0 Å². The first kappa shape index (κ1) is 17.0. The van der Waals surface area contributed by atoms with Crippen LogP contribution in [0.15, 0.2) is 64.4 Å². The Hall–Kier alpha value is -1.39. The third-order valence-electron chi connectivity index (χ3n) is 2.77. The lowest BCUT2D eigenvalue weighted by atomic mass is 10.3. The van der Waals surface area contributed by atoms with Crippen LogP contribution in [0.1, 0.15) is 20.8 Å². The summed E-state index contributed by atoms with van der Waals surface area (Å²) in [4.78, 5) is 14.3. The van der Waals surface area contributed by atoms with Gasteiger partial charge in [0, 0.05) is 14.5 Å². The molecule has 1 N–H and O–H groups in total. The van der Waals surface area contributed by atoms with Crippen molar-refractivity contribution in [2.45, 2.75) is 35.3 Å². The maximum Gasteiger partial charge on any atom is 0.234 e. The van der Waals surface area contributed by atoms with Gasteiger partial charge in [0.1, 0.15) is 0 Å². The number of hydrogen-bond donors (Lipinski definition) is 1. The van der Waals surface area contributed by atoms with Gasteiger partial charge in [0.05, 0.1) is 11.4 Å². The minimum Gasteiger partial charge on any atom is -0.324 e. The molecule has 4 heteroatoms. The van der Waals surface area contributed by atoms with E-state index in [0.29, 0.717) is 5.75 Å². The lowest BCUT2D eigenvalue weighted by Crippen LogP contribution is -2.19. The van der Waals surface area contributed by atoms with Crippen molar-refractivity contribution in [2.24, 2.45) is 0 Å². The number of anilines is 1. The summed E-state index contributed by atoms with van der Waals surface area (Å²) in [5, 5.41) is 3.02. The Kier molecular flexibility index (Phi) is 5.98. The number of carbonyl (C=O) groups excluding carboxylic acids is 1. The Morgan fingerprint density at radius 1 is 1.00 bits per heavy atom. The molecule has 2 aromatic rings. The average molecular weight is 332 g/mol. The first-order valence-corrected chi connectivity index (χ1v) is 9.00. The van der Waals surface area contributed by atoms with Crippen molar-refractivity contribution < 1.29 is 4.79 Å². The van der Waals surface area contributed by atoms with Crippen LogP contribution in [0, 0.1) is 0 Å². The molecular weight excluding hydrogens is 310 g/mol. The van der Waals surface area contributed by atoms with Crippen LogP contribution in [0.25, 0.3) is 0 Å². The highest BCUT2D eigenvalue weighted by molar-refractivity contribution is 8.01. The van der Waals surface area contributed by atoms with Crippen molar-refractivity contribution >= 4 is 35.1 Å². The fraction of sp³-hybridized carbons (Fsp3) is 0.278. The second kappa shape index (κ2) is 7.75. The van der Waals surface area contributed by atoms with E-state index in [1.54, 1.807) is 23.5 Å². The van der Waals surface area contributed by atoms with E-state index in [0.717, 1.165) is 15.5 Å². The molecule has 0 heterocycles. The molecule has 0 aromatic heterocycles. The molecular formula is C18H21NOS2. The first-order valence-electron chi connectivity index (χ1n) is 7.20. The van der Waals surface area contributed by atoms with Crippen LogP contribution < -0.4 is 5.32 Å². The number of thioether (sulfide) groups is 1. The van der Waals surface area contributed by atoms with Crippen LogP contribution in [0.5, 0.6) is 0 Å². The Balaban J connectivity index is 2.04. The van der Waals surface area contributed by atoms with E-state index in [-0.39, 0.29) is 10.7 Å². The van der Waals surface area contributed by atoms with Crippen molar-refractivity contribution in [1.29, 1.82) is 0 Å². The summed E-state index contributed by atoms with van der Waals surface area (Å²) in [5.74, 6) is 0.509. The highest BCUT2D eigenvalue weighted by Crippen LogP contribution is 2.33. The molecule has 0 unspecified atom stereocenters. The molecule has 116 valence electrons. The Morgan fingerprint density at radius 3 is 2.32 bits per heavy atom. The molecule has 0 aliphatic carbocycles. The summed E-state index contributed by atoms with van der Waals surface area (Å²) in [7, 11) is 0. The minimum atomic E-state index is 0.0426. The van der Waals surface area contributed by atoms with Gasteiger partial charge in [0.25, 0.3) is 0 Å². The van der Waals surface area contributed by atoms with Crippen LogP contribution in [0.2, 0.25) is 0 Å². The van der Waals surface area contributed by atoms with Gasteiger partial charge in [-0.3, -0.25) is 4.79 Å². The molecule has 2 aromatic carbocycles. The zero-order valence-electron chi connectivity index (χ0n) is 13.1. The molecule has 0 aliphatic heterocycles. The largest absolute Gasteiger partial charge is 0.324 e. The van der Waals surface area contributed by atoms with Gasteiger partial charge in [-0.15, -0.1) is 11.8 Å². The van der Waals surface area contributed by atoms with Gasteiger partial charge in [-0.1, -0.05) is 62.9 Å². The predicted molar refractivity (Wildman–Crippen MR) is 97.8 cm³/mol. The van der Waals surface area contributed by atoms with Gasteiger partial charge in [-0.2, -0.15) is 0 Å². The van der Waals surface area contributed by atoms with Gasteiger partial charge in [-0.25, -0.2) is 0 Å². The quantitative estimate of drug-likeness (QED) is 0.805. The lowest BCUT2D eigenvalue weighted by molar-refractivity contribution is -0.113. The third-order valence-corrected chi connectivity index (χ3v) is 5.12. The van der Waals surface area contributed by atoms with Gasteiger partial charge in [-0.05, 0) is 24.3 Å². The summed E-state index contributed by atoms with van der Waals surface area (Å²) >= 11 is 3.31. The van der Waals surface area contributed by atoms with Gasteiger partial charge < -0.3 is 5.32 Å². The highest BCUT2D eigenvalue weighted by atomic mass is 32.2.